The number of carbonyl (C=O) groups excluding carboxylic acids is 2. The Morgan fingerprint density at radius 2 is 2.00 bits per heavy atom. The van der Waals surface area contributed by atoms with Crippen molar-refractivity contribution in [1.29, 1.82) is 0 Å². The number of aromatic nitrogens is 1. The number of hydrogen-bond donors (Lipinski definition) is 1. The number of ether oxygens (including phenoxy) is 1. The van der Waals surface area contributed by atoms with Crippen molar-refractivity contribution in [2.45, 2.75) is 6.92 Å². The van der Waals surface area contributed by atoms with E-state index in [4.69, 9.17) is 20.9 Å². The topological polar surface area (TPSA) is 81.4 Å². The number of esters is 1. The first kappa shape index (κ1) is 20.9. The molecule has 3 aromatic rings. The summed E-state index contributed by atoms with van der Waals surface area (Å²) in [6.07, 6.45) is 0. The van der Waals surface area contributed by atoms with Crippen LogP contribution in [0.3, 0.4) is 0 Å². The third-order valence-corrected chi connectivity index (χ3v) is 4.61. The Kier molecular flexibility index (Phi) is 6.29. The molecule has 1 N–H and O–H groups in total. The molecule has 0 saturated heterocycles. The number of carbonyl (C=O) groups is 2. The van der Waals surface area contributed by atoms with E-state index < -0.39 is 30.1 Å². The Morgan fingerprint density at radius 3 is 2.69 bits per heavy atom. The lowest BCUT2D eigenvalue weighted by Crippen LogP contribution is -2.21. The molecule has 0 fully saturated rings. The number of amides is 1. The standard InChI is InChI=1S/C19H12BrClF2N2O4/c1-9-16(18(25-29-9)17-11(21)3-2-4-12(17)22)19(27)28-8-15(26)24-14-6-5-10(20)7-13(14)23/h2-7H,8H2,1H3,(H,24,26). The Hall–Kier alpha value is -2.78. The molecule has 1 aromatic heterocycles. The van der Waals surface area contributed by atoms with Crippen molar-refractivity contribution in [3.05, 3.63) is 68.9 Å². The van der Waals surface area contributed by atoms with E-state index in [1.54, 1.807) is 0 Å². The SMILES string of the molecule is Cc1onc(-c2c(F)cccc2Cl)c1C(=O)OCC(=O)Nc1ccc(Br)cc1F. The summed E-state index contributed by atoms with van der Waals surface area (Å²) >= 11 is 9.12. The van der Waals surface area contributed by atoms with Gasteiger partial charge in [-0.2, -0.15) is 0 Å². The van der Waals surface area contributed by atoms with Crippen molar-refractivity contribution < 1.29 is 27.6 Å². The van der Waals surface area contributed by atoms with Gasteiger partial charge in [0.15, 0.2) is 6.61 Å². The van der Waals surface area contributed by atoms with Gasteiger partial charge < -0.3 is 14.6 Å². The van der Waals surface area contributed by atoms with E-state index in [9.17, 15) is 18.4 Å². The minimum absolute atomic E-state index is 0.0239. The van der Waals surface area contributed by atoms with E-state index in [0.29, 0.717) is 4.47 Å². The van der Waals surface area contributed by atoms with Crippen LogP contribution in [0.25, 0.3) is 11.3 Å². The normalized spacial score (nSPS) is 10.7. The lowest BCUT2D eigenvalue weighted by atomic mass is 10.1. The molecular weight excluding hydrogens is 474 g/mol. The van der Waals surface area contributed by atoms with Gasteiger partial charge in [0.25, 0.3) is 5.91 Å². The van der Waals surface area contributed by atoms with Crippen LogP contribution in [0, 0.1) is 18.6 Å². The van der Waals surface area contributed by atoms with Gasteiger partial charge in [-0.05, 0) is 37.3 Å². The Morgan fingerprint density at radius 1 is 1.24 bits per heavy atom. The third-order valence-electron chi connectivity index (χ3n) is 3.81. The fourth-order valence-electron chi connectivity index (χ4n) is 2.49. The van der Waals surface area contributed by atoms with E-state index in [1.807, 2.05) is 0 Å². The van der Waals surface area contributed by atoms with Gasteiger partial charge in [-0.25, -0.2) is 13.6 Å². The molecule has 0 saturated carbocycles. The summed E-state index contributed by atoms with van der Waals surface area (Å²) in [5.74, 6) is -3.04. The fraction of sp³-hybridized carbons (Fsp3) is 0.105. The first-order chi connectivity index (χ1) is 13.8. The number of hydrogen-bond acceptors (Lipinski definition) is 5. The number of halogens is 4. The number of nitrogens with zero attached hydrogens (tertiary/aromatic N) is 1. The Labute approximate surface area is 176 Å². The summed E-state index contributed by atoms with van der Waals surface area (Å²) in [6, 6.07) is 8.04. The summed E-state index contributed by atoms with van der Waals surface area (Å²) in [4.78, 5) is 24.4. The van der Waals surface area contributed by atoms with Crippen molar-refractivity contribution in [2.24, 2.45) is 0 Å². The molecule has 0 spiro atoms. The summed E-state index contributed by atoms with van der Waals surface area (Å²) < 4.78 is 38.4. The van der Waals surface area contributed by atoms with E-state index >= 15 is 0 Å². The van der Waals surface area contributed by atoms with Crippen molar-refractivity contribution in [3.63, 3.8) is 0 Å². The summed E-state index contributed by atoms with van der Waals surface area (Å²) in [5, 5.41) is 6.00. The van der Waals surface area contributed by atoms with Crippen LogP contribution < -0.4 is 5.32 Å². The van der Waals surface area contributed by atoms with Crippen molar-refractivity contribution in [2.75, 3.05) is 11.9 Å². The summed E-state index contributed by atoms with van der Waals surface area (Å²) in [6.45, 7) is 0.725. The highest BCUT2D eigenvalue weighted by atomic mass is 79.9. The fourth-order valence-corrected chi connectivity index (χ4v) is 3.07. The highest BCUT2D eigenvalue weighted by Crippen LogP contribution is 2.33. The number of anilines is 1. The molecule has 2 aromatic carbocycles. The maximum Gasteiger partial charge on any atom is 0.344 e. The summed E-state index contributed by atoms with van der Waals surface area (Å²) in [7, 11) is 0. The van der Waals surface area contributed by atoms with E-state index in [0.717, 1.165) is 6.07 Å². The second kappa shape index (κ2) is 8.71. The second-order valence-electron chi connectivity index (χ2n) is 5.81. The largest absolute Gasteiger partial charge is 0.452 e. The van der Waals surface area contributed by atoms with Gasteiger partial charge in [0.2, 0.25) is 0 Å². The van der Waals surface area contributed by atoms with Crippen molar-refractivity contribution in [1.82, 2.24) is 5.16 Å². The lowest BCUT2D eigenvalue weighted by Gasteiger charge is -2.08. The number of benzene rings is 2. The van der Waals surface area contributed by atoms with Crippen LogP contribution in [0.1, 0.15) is 16.1 Å². The molecule has 1 heterocycles. The van der Waals surface area contributed by atoms with E-state index in [-0.39, 0.29) is 33.3 Å². The smallest absolute Gasteiger partial charge is 0.344 e. The predicted octanol–water partition coefficient (Wildman–Crippen LogP) is 5.14. The molecular formula is C19H12BrClF2N2O4. The molecule has 150 valence electrons. The molecule has 1 amide bonds. The molecule has 0 bridgehead atoms. The first-order valence-corrected chi connectivity index (χ1v) is 9.27. The molecule has 6 nitrogen and oxygen atoms in total. The van der Waals surface area contributed by atoms with Crippen LogP contribution in [-0.2, 0) is 9.53 Å². The van der Waals surface area contributed by atoms with E-state index in [2.05, 4.69) is 26.4 Å². The van der Waals surface area contributed by atoms with Crippen molar-refractivity contribution >= 4 is 45.1 Å². The van der Waals surface area contributed by atoms with Gasteiger partial charge in [-0.1, -0.05) is 38.8 Å². The van der Waals surface area contributed by atoms with Crippen LogP contribution in [0.5, 0.6) is 0 Å². The second-order valence-corrected chi connectivity index (χ2v) is 7.13. The first-order valence-electron chi connectivity index (χ1n) is 8.10. The molecule has 0 aliphatic heterocycles. The predicted molar refractivity (Wildman–Crippen MR) is 105 cm³/mol. The van der Waals surface area contributed by atoms with Crippen molar-refractivity contribution in [3.8, 4) is 11.3 Å². The molecule has 0 aliphatic carbocycles. The third kappa shape index (κ3) is 4.63. The Balaban J connectivity index is 1.75. The summed E-state index contributed by atoms with van der Waals surface area (Å²) in [5.41, 5.74) is -0.511. The molecule has 3 rings (SSSR count). The van der Waals surface area contributed by atoms with Gasteiger partial charge in [0.1, 0.15) is 28.7 Å². The van der Waals surface area contributed by atoms with Gasteiger partial charge in [0.05, 0.1) is 16.3 Å². The quantitative estimate of drug-likeness (QED) is 0.506. The minimum atomic E-state index is -0.968. The van der Waals surface area contributed by atoms with Crippen LogP contribution in [0.4, 0.5) is 14.5 Å². The Bertz CT molecular complexity index is 1080. The highest BCUT2D eigenvalue weighted by Gasteiger charge is 2.27. The molecule has 10 heteroatoms. The number of aryl methyl sites for hydroxylation is 1. The minimum Gasteiger partial charge on any atom is -0.452 e. The van der Waals surface area contributed by atoms with Gasteiger partial charge in [-0.15, -0.1) is 0 Å². The van der Waals surface area contributed by atoms with Gasteiger partial charge >= 0.3 is 5.97 Å². The molecule has 0 aliphatic rings. The number of rotatable bonds is 5. The molecule has 29 heavy (non-hydrogen) atoms. The lowest BCUT2D eigenvalue weighted by molar-refractivity contribution is -0.119. The van der Waals surface area contributed by atoms with Gasteiger partial charge in [-0.3, -0.25) is 4.79 Å². The zero-order chi connectivity index (χ0) is 21.1. The molecule has 0 unspecified atom stereocenters. The monoisotopic (exact) mass is 484 g/mol. The zero-order valence-electron chi connectivity index (χ0n) is 14.8. The van der Waals surface area contributed by atoms with Crippen LogP contribution in [0.2, 0.25) is 5.02 Å². The zero-order valence-corrected chi connectivity index (χ0v) is 17.1. The molecule has 0 atom stereocenters. The maximum atomic E-state index is 14.2. The number of nitrogens with one attached hydrogen (secondary N) is 1. The maximum absolute atomic E-state index is 14.2. The van der Waals surface area contributed by atoms with E-state index in [1.165, 1.54) is 37.3 Å². The average molecular weight is 486 g/mol. The van der Waals surface area contributed by atoms with Gasteiger partial charge in [0, 0.05) is 4.47 Å². The van der Waals surface area contributed by atoms with Crippen LogP contribution in [-0.4, -0.2) is 23.6 Å². The average Bonchev–Trinajstić information content (AvgIpc) is 3.03. The highest BCUT2D eigenvalue weighted by molar-refractivity contribution is 9.10. The van der Waals surface area contributed by atoms with Crippen LogP contribution >= 0.6 is 27.5 Å². The van der Waals surface area contributed by atoms with Crippen LogP contribution in [0.15, 0.2) is 45.4 Å². The molecule has 0 radical (unpaired) electrons.